The molecule has 2 rings (SSSR count). The summed E-state index contributed by atoms with van der Waals surface area (Å²) in [6.07, 6.45) is 4.64. The number of benzene rings is 1. The van der Waals surface area contributed by atoms with Crippen LogP contribution in [-0.2, 0) is 11.3 Å². The molecule has 116 valence electrons. The van der Waals surface area contributed by atoms with Gasteiger partial charge in [0.1, 0.15) is 5.75 Å². The summed E-state index contributed by atoms with van der Waals surface area (Å²) in [4.78, 5) is 14.1. The lowest BCUT2D eigenvalue weighted by atomic mass is 9.94. The Morgan fingerprint density at radius 2 is 2.00 bits per heavy atom. The zero-order valence-corrected chi connectivity index (χ0v) is 13.1. The van der Waals surface area contributed by atoms with Crippen molar-refractivity contribution in [2.24, 2.45) is 5.73 Å². The highest BCUT2D eigenvalue weighted by atomic mass is 16.5. The van der Waals surface area contributed by atoms with Gasteiger partial charge in [0.15, 0.2) is 0 Å². The van der Waals surface area contributed by atoms with E-state index < -0.39 is 0 Å². The highest BCUT2D eigenvalue weighted by Gasteiger charge is 2.32. The Bertz CT molecular complexity index is 481. The predicted molar refractivity (Wildman–Crippen MR) is 84.1 cm³/mol. The maximum atomic E-state index is 12.4. The van der Waals surface area contributed by atoms with Crippen molar-refractivity contribution in [1.82, 2.24) is 4.90 Å². The third kappa shape index (κ3) is 4.21. The van der Waals surface area contributed by atoms with Crippen molar-refractivity contribution in [3.63, 3.8) is 0 Å². The molecule has 0 aromatic heterocycles. The van der Waals surface area contributed by atoms with Crippen LogP contribution < -0.4 is 10.5 Å². The van der Waals surface area contributed by atoms with Crippen LogP contribution in [0.3, 0.4) is 0 Å². The number of nitrogens with two attached hydrogens (primary N) is 1. The van der Waals surface area contributed by atoms with E-state index in [9.17, 15) is 4.79 Å². The molecular weight excluding hydrogens is 264 g/mol. The highest BCUT2D eigenvalue weighted by Crippen LogP contribution is 2.30. The number of para-hydroxylation sites is 1. The van der Waals surface area contributed by atoms with Crippen LogP contribution in [0.4, 0.5) is 0 Å². The van der Waals surface area contributed by atoms with Crippen molar-refractivity contribution in [2.75, 3.05) is 13.7 Å². The van der Waals surface area contributed by atoms with Gasteiger partial charge in [-0.3, -0.25) is 4.79 Å². The minimum absolute atomic E-state index is 0.116. The molecule has 4 heteroatoms. The maximum Gasteiger partial charge on any atom is 0.224 e. The van der Waals surface area contributed by atoms with Crippen molar-refractivity contribution in [2.45, 2.75) is 51.1 Å². The monoisotopic (exact) mass is 290 g/mol. The molecule has 0 spiro atoms. The molecule has 0 heterocycles. The lowest BCUT2D eigenvalue weighted by Gasteiger charge is -2.26. The summed E-state index contributed by atoms with van der Waals surface area (Å²) in [5.74, 6) is 0.966. The fraction of sp³-hybridized carbons (Fsp3) is 0.588. The SMILES string of the molecule is CCOc1ccccc1CN(C)C(=O)CC1(N)CCCC1. The topological polar surface area (TPSA) is 55.6 Å². The third-order valence-electron chi connectivity index (χ3n) is 4.21. The molecule has 0 saturated heterocycles. The van der Waals surface area contributed by atoms with Gasteiger partial charge in [-0.05, 0) is 25.8 Å². The lowest BCUT2D eigenvalue weighted by Crippen LogP contribution is -2.42. The standard InChI is InChI=1S/C17H26N2O2/c1-3-21-15-9-5-4-8-14(15)13-19(2)16(20)12-17(18)10-6-7-11-17/h4-5,8-9H,3,6-7,10-13,18H2,1-2H3. The van der Waals surface area contributed by atoms with Crippen molar-refractivity contribution in [3.05, 3.63) is 29.8 Å². The highest BCUT2D eigenvalue weighted by molar-refractivity contribution is 5.77. The van der Waals surface area contributed by atoms with Gasteiger partial charge in [0.05, 0.1) is 6.61 Å². The molecule has 0 radical (unpaired) electrons. The normalized spacial score (nSPS) is 16.7. The largest absolute Gasteiger partial charge is 0.494 e. The van der Waals surface area contributed by atoms with Gasteiger partial charge in [-0.2, -0.15) is 0 Å². The number of rotatable bonds is 6. The number of carbonyl (C=O) groups excluding carboxylic acids is 1. The minimum Gasteiger partial charge on any atom is -0.494 e. The van der Waals surface area contributed by atoms with Gasteiger partial charge in [-0.15, -0.1) is 0 Å². The number of hydrogen-bond donors (Lipinski definition) is 1. The second-order valence-electron chi connectivity index (χ2n) is 6.04. The molecule has 1 aromatic rings. The van der Waals surface area contributed by atoms with Crippen molar-refractivity contribution in [1.29, 1.82) is 0 Å². The Morgan fingerprint density at radius 1 is 1.33 bits per heavy atom. The molecule has 1 saturated carbocycles. The Hall–Kier alpha value is -1.55. The first-order valence-electron chi connectivity index (χ1n) is 7.77. The van der Waals surface area contributed by atoms with Gasteiger partial charge in [-0.1, -0.05) is 31.0 Å². The Labute approximate surface area is 127 Å². The molecule has 4 nitrogen and oxygen atoms in total. The molecule has 0 atom stereocenters. The lowest BCUT2D eigenvalue weighted by molar-refractivity contribution is -0.131. The number of carbonyl (C=O) groups is 1. The molecule has 2 N–H and O–H groups in total. The van der Waals surface area contributed by atoms with Gasteiger partial charge in [-0.25, -0.2) is 0 Å². The van der Waals surface area contributed by atoms with E-state index in [0.717, 1.165) is 37.0 Å². The van der Waals surface area contributed by atoms with Crippen LogP contribution in [0.5, 0.6) is 5.75 Å². The molecule has 1 aromatic carbocycles. The van der Waals surface area contributed by atoms with E-state index in [0.29, 0.717) is 19.6 Å². The van der Waals surface area contributed by atoms with E-state index in [-0.39, 0.29) is 11.4 Å². The van der Waals surface area contributed by atoms with Crippen molar-refractivity contribution < 1.29 is 9.53 Å². The number of amides is 1. The first-order valence-corrected chi connectivity index (χ1v) is 7.77. The zero-order valence-electron chi connectivity index (χ0n) is 13.1. The molecule has 0 unspecified atom stereocenters. The summed E-state index contributed by atoms with van der Waals surface area (Å²) < 4.78 is 5.61. The number of nitrogens with zero attached hydrogens (tertiary/aromatic N) is 1. The third-order valence-corrected chi connectivity index (χ3v) is 4.21. The quantitative estimate of drug-likeness (QED) is 0.876. The van der Waals surface area contributed by atoms with E-state index in [1.165, 1.54) is 0 Å². The number of hydrogen-bond acceptors (Lipinski definition) is 3. The Kier molecular flexibility index (Phi) is 5.23. The van der Waals surface area contributed by atoms with E-state index >= 15 is 0 Å². The summed E-state index contributed by atoms with van der Waals surface area (Å²) in [5.41, 5.74) is 7.04. The van der Waals surface area contributed by atoms with Crippen LogP contribution in [0.1, 0.15) is 44.6 Å². The zero-order chi connectivity index (χ0) is 15.3. The molecule has 1 aliphatic rings. The van der Waals surface area contributed by atoms with Crippen LogP contribution >= 0.6 is 0 Å². The average Bonchev–Trinajstić information content (AvgIpc) is 2.87. The molecule has 1 fully saturated rings. The smallest absolute Gasteiger partial charge is 0.224 e. The van der Waals surface area contributed by atoms with Crippen LogP contribution in [-0.4, -0.2) is 30.0 Å². The fourth-order valence-electron chi connectivity index (χ4n) is 2.97. The first-order chi connectivity index (χ1) is 10.0. The van der Waals surface area contributed by atoms with Crippen LogP contribution in [0.15, 0.2) is 24.3 Å². The van der Waals surface area contributed by atoms with Gasteiger partial charge < -0.3 is 15.4 Å². The predicted octanol–water partition coefficient (Wildman–Crippen LogP) is 2.71. The van der Waals surface area contributed by atoms with Crippen LogP contribution in [0, 0.1) is 0 Å². The Balaban J connectivity index is 1.97. The molecule has 0 aliphatic heterocycles. The molecular formula is C17H26N2O2. The van der Waals surface area contributed by atoms with E-state index in [1.54, 1.807) is 4.90 Å². The molecule has 1 aliphatic carbocycles. The summed E-state index contributed by atoms with van der Waals surface area (Å²) in [6, 6.07) is 7.86. The second kappa shape index (κ2) is 6.94. The van der Waals surface area contributed by atoms with Crippen molar-refractivity contribution in [3.8, 4) is 5.75 Å². The van der Waals surface area contributed by atoms with Crippen LogP contribution in [0.2, 0.25) is 0 Å². The maximum absolute atomic E-state index is 12.4. The van der Waals surface area contributed by atoms with E-state index in [4.69, 9.17) is 10.5 Å². The first kappa shape index (κ1) is 15.8. The molecule has 21 heavy (non-hydrogen) atoms. The Morgan fingerprint density at radius 3 is 2.67 bits per heavy atom. The van der Waals surface area contributed by atoms with Crippen LogP contribution in [0.25, 0.3) is 0 Å². The van der Waals surface area contributed by atoms with Gasteiger partial charge in [0.2, 0.25) is 5.91 Å². The van der Waals surface area contributed by atoms with Gasteiger partial charge in [0, 0.05) is 31.1 Å². The summed E-state index contributed by atoms with van der Waals surface area (Å²) >= 11 is 0. The van der Waals surface area contributed by atoms with Crippen molar-refractivity contribution >= 4 is 5.91 Å². The molecule has 0 bridgehead atoms. The summed E-state index contributed by atoms with van der Waals surface area (Å²) in [5, 5.41) is 0. The van der Waals surface area contributed by atoms with Gasteiger partial charge in [0.25, 0.3) is 0 Å². The van der Waals surface area contributed by atoms with E-state index in [1.807, 2.05) is 38.2 Å². The minimum atomic E-state index is -0.287. The van der Waals surface area contributed by atoms with Gasteiger partial charge >= 0.3 is 0 Å². The number of ether oxygens (including phenoxy) is 1. The summed E-state index contributed by atoms with van der Waals surface area (Å²) in [7, 11) is 1.84. The fourth-order valence-corrected chi connectivity index (χ4v) is 2.97. The molecule has 1 amide bonds. The van der Waals surface area contributed by atoms with E-state index in [2.05, 4.69) is 0 Å². The average molecular weight is 290 g/mol. The second-order valence-corrected chi connectivity index (χ2v) is 6.04. The summed E-state index contributed by atoms with van der Waals surface area (Å²) in [6.45, 7) is 3.15.